The molecular weight excluding hydrogens is 166 g/mol. The predicted octanol–water partition coefficient (Wildman–Crippen LogP) is 3.48. The van der Waals surface area contributed by atoms with Crippen LogP contribution in [0.4, 0.5) is 5.69 Å². The van der Waals surface area contributed by atoms with Gasteiger partial charge in [-0.15, -0.1) is 11.3 Å². The highest BCUT2D eigenvalue weighted by atomic mass is 32.1. The Hall–Kier alpha value is -0.500. The van der Waals surface area contributed by atoms with Crippen molar-refractivity contribution in [2.75, 3.05) is 5.73 Å². The molecule has 0 saturated carbocycles. The van der Waals surface area contributed by atoms with Gasteiger partial charge in [0.25, 0.3) is 0 Å². The molecule has 1 rings (SSSR count). The molecule has 0 amide bonds. The molecule has 12 heavy (non-hydrogen) atoms. The summed E-state index contributed by atoms with van der Waals surface area (Å²) in [4.78, 5) is 1.35. The maximum Gasteiger partial charge on any atom is 0.0458 e. The fraction of sp³-hybridized carbons (Fsp3) is 0.600. The number of thiophene rings is 1. The van der Waals surface area contributed by atoms with Crippen LogP contribution in [0.3, 0.4) is 0 Å². The molecule has 1 heterocycles. The van der Waals surface area contributed by atoms with Crippen LogP contribution in [0, 0.1) is 5.92 Å². The van der Waals surface area contributed by atoms with E-state index in [2.05, 4.69) is 26.2 Å². The van der Waals surface area contributed by atoms with Gasteiger partial charge in [-0.3, -0.25) is 0 Å². The van der Waals surface area contributed by atoms with Gasteiger partial charge in [0.05, 0.1) is 0 Å². The molecule has 0 fully saturated rings. The lowest BCUT2D eigenvalue weighted by Gasteiger charge is -2.17. The highest BCUT2D eigenvalue weighted by Crippen LogP contribution is 2.33. The fourth-order valence-electron chi connectivity index (χ4n) is 1.31. The minimum atomic E-state index is 0.606. The first kappa shape index (κ1) is 9.59. The van der Waals surface area contributed by atoms with Gasteiger partial charge in [0.1, 0.15) is 0 Å². The molecule has 0 aliphatic rings. The minimum Gasteiger partial charge on any atom is -0.398 e. The van der Waals surface area contributed by atoms with Gasteiger partial charge in [-0.2, -0.15) is 0 Å². The van der Waals surface area contributed by atoms with Crippen molar-refractivity contribution < 1.29 is 0 Å². The first-order valence-corrected chi connectivity index (χ1v) is 5.37. The van der Waals surface area contributed by atoms with Gasteiger partial charge in [0.15, 0.2) is 0 Å². The first-order valence-electron chi connectivity index (χ1n) is 4.49. The Morgan fingerprint density at radius 1 is 1.50 bits per heavy atom. The van der Waals surface area contributed by atoms with Crippen LogP contribution in [0.5, 0.6) is 0 Å². The molecule has 1 aromatic rings. The van der Waals surface area contributed by atoms with Gasteiger partial charge in [0.2, 0.25) is 0 Å². The van der Waals surface area contributed by atoms with Crippen molar-refractivity contribution in [3.63, 3.8) is 0 Å². The number of anilines is 1. The quantitative estimate of drug-likeness (QED) is 0.762. The molecule has 68 valence electrons. The maximum absolute atomic E-state index is 5.84. The minimum absolute atomic E-state index is 0.606. The van der Waals surface area contributed by atoms with Gasteiger partial charge in [-0.25, -0.2) is 0 Å². The van der Waals surface area contributed by atoms with E-state index in [-0.39, 0.29) is 0 Å². The molecule has 2 atom stereocenters. The summed E-state index contributed by atoms with van der Waals surface area (Å²) >= 11 is 1.78. The van der Waals surface area contributed by atoms with Crippen LogP contribution >= 0.6 is 11.3 Å². The molecule has 0 spiro atoms. The van der Waals surface area contributed by atoms with E-state index < -0.39 is 0 Å². The highest BCUT2D eigenvalue weighted by Gasteiger charge is 2.15. The SMILES string of the molecule is CC[C@@H](C)[C@@H](C)c1sccc1N. The first-order chi connectivity index (χ1) is 5.66. The molecule has 0 aliphatic carbocycles. The van der Waals surface area contributed by atoms with E-state index in [1.165, 1.54) is 11.3 Å². The zero-order valence-corrected chi connectivity index (χ0v) is 8.82. The van der Waals surface area contributed by atoms with Crippen molar-refractivity contribution in [2.24, 2.45) is 5.92 Å². The van der Waals surface area contributed by atoms with Crippen LogP contribution < -0.4 is 5.73 Å². The summed E-state index contributed by atoms with van der Waals surface area (Å²) in [6, 6.07) is 2.00. The second kappa shape index (κ2) is 3.94. The van der Waals surface area contributed by atoms with Gasteiger partial charge in [0, 0.05) is 10.6 Å². The van der Waals surface area contributed by atoms with E-state index in [1.54, 1.807) is 11.3 Å². The second-order valence-electron chi connectivity index (χ2n) is 3.41. The molecule has 0 bridgehead atoms. The van der Waals surface area contributed by atoms with Gasteiger partial charge < -0.3 is 5.73 Å². The molecule has 1 aromatic heterocycles. The smallest absolute Gasteiger partial charge is 0.0458 e. The van der Waals surface area contributed by atoms with Crippen LogP contribution in [0.15, 0.2) is 11.4 Å². The molecule has 2 heteroatoms. The van der Waals surface area contributed by atoms with Crippen molar-refractivity contribution >= 4 is 17.0 Å². The van der Waals surface area contributed by atoms with Crippen LogP contribution in [-0.2, 0) is 0 Å². The van der Waals surface area contributed by atoms with Gasteiger partial charge >= 0.3 is 0 Å². The van der Waals surface area contributed by atoms with Crippen molar-refractivity contribution in [2.45, 2.75) is 33.1 Å². The topological polar surface area (TPSA) is 26.0 Å². The molecule has 0 radical (unpaired) electrons. The Balaban J connectivity index is 2.77. The third-order valence-electron chi connectivity index (χ3n) is 2.64. The third-order valence-corrected chi connectivity index (χ3v) is 3.77. The second-order valence-corrected chi connectivity index (χ2v) is 4.36. The Labute approximate surface area is 78.6 Å². The average Bonchev–Trinajstić information content (AvgIpc) is 2.48. The number of hydrogen-bond acceptors (Lipinski definition) is 2. The highest BCUT2D eigenvalue weighted by molar-refractivity contribution is 7.10. The van der Waals surface area contributed by atoms with E-state index in [1.807, 2.05) is 6.07 Å². The van der Waals surface area contributed by atoms with E-state index in [9.17, 15) is 0 Å². The van der Waals surface area contributed by atoms with E-state index >= 15 is 0 Å². The van der Waals surface area contributed by atoms with Crippen molar-refractivity contribution in [1.82, 2.24) is 0 Å². The monoisotopic (exact) mass is 183 g/mol. The summed E-state index contributed by atoms with van der Waals surface area (Å²) in [6.07, 6.45) is 1.22. The standard InChI is InChI=1S/C10H17NS/c1-4-7(2)8(3)10-9(11)5-6-12-10/h5-8H,4,11H2,1-3H3/t7-,8-/m1/s1. The number of nitrogen functional groups attached to an aromatic ring is 1. The van der Waals surface area contributed by atoms with Crippen molar-refractivity contribution in [3.8, 4) is 0 Å². The van der Waals surface area contributed by atoms with Crippen LogP contribution in [0.1, 0.15) is 38.0 Å². The third kappa shape index (κ3) is 1.81. The summed E-state index contributed by atoms with van der Waals surface area (Å²) in [5.74, 6) is 1.33. The lowest BCUT2D eigenvalue weighted by Crippen LogP contribution is -2.04. The zero-order chi connectivity index (χ0) is 9.14. The largest absolute Gasteiger partial charge is 0.398 e. The van der Waals surface area contributed by atoms with Gasteiger partial charge in [-0.05, 0) is 23.3 Å². The molecule has 2 N–H and O–H groups in total. The summed E-state index contributed by atoms with van der Waals surface area (Å²) in [7, 11) is 0. The van der Waals surface area contributed by atoms with E-state index in [0.29, 0.717) is 5.92 Å². The Morgan fingerprint density at radius 2 is 2.17 bits per heavy atom. The molecule has 0 aliphatic heterocycles. The summed E-state index contributed by atoms with van der Waals surface area (Å²) in [5, 5.41) is 2.07. The Morgan fingerprint density at radius 3 is 2.58 bits per heavy atom. The summed E-state index contributed by atoms with van der Waals surface area (Å²) in [6.45, 7) is 6.77. The lowest BCUT2D eigenvalue weighted by molar-refractivity contribution is 0.479. The molecular formula is C10H17NS. The average molecular weight is 183 g/mol. The fourth-order valence-corrected chi connectivity index (χ4v) is 2.33. The molecule has 0 aromatic carbocycles. The Kier molecular flexibility index (Phi) is 3.15. The molecule has 0 unspecified atom stereocenters. The zero-order valence-electron chi connectivity index (χ0n) is 8.00. The maximum atomic E-state index is 5.84. The summed E-state index contributed by atoms with van der Waals surface area (Å²) in [5.41, 5.74) is 6.81. The van der Waals surface area contributed by atoms with Crippen molar-refractivity contribution in [3.05, 3.63) is 16.3 Å². The van der Waals surface area contributed by atoms with Crippen LogP contribution in [0.25, 0.3) is 0 Å². The predicted molar refractivity (Wildman–Crippen MR) is 56.6 cm³/mol. The van der Waals surface area contributed by atoms with Crippen LogP contribution in [0.2, 0.25) is 0 Å². The number of rotatable bonds is 3. The van der Waals surface area contributed by atoms with E-state index in [0.717, 1.165) is 11.6 Å². The normalized spacial score (nSPS) is 15.9. The number of hydrogen-bond donors (Lipinski definition) is 1. The number of nitrogens with two attached hydrogens (primary N) is 1. The van der Waals surface area contributed by atoms with Crippen LogP contribution in [-0.4, -0.2) is 0 Å². The lowest BCUT2D eigenvalue weighted by atomic mass is 9.92. The van der Waals surface area contributed by atoms with Gasteiger partial charge in [-0.1, -0.05) is 27.2 Å². The molecule has 1 nitrogen and oxygen atoms in total. The van der Waals surface area contributed by atoms with Crippen molar-refractivity contribution in [1.29, 1.82) is 0 Å². The molecule has 0 saturated heterocycles. The Bertz CT molecular complexity index is 242. The summed E-state index contributed by atoms with van der Waals surface area (Å²) < 4.78 is 0. The van der Waals surface area contributed by atoms with E-state index in [4.69, 9.17) is 5.73 Å².